The second kappa shape index (κ2) is 22.9. The van der Waals surface area contributed by atoms with Crippen molar-refractivity contribution in [1.29, 1.82) is 0 Å². The van der Waals surface area contributed by atoms with Crippen LogP contribution in [0.3, 0.4) is 0 Å². The Labute approximate surface area is 444 Å². The van der Waals surface area contributed by atoms with Crippen LogP contribution in [0.5, 0.6) is 0 Å². The maximum absolute atomic E-state index is 13.0. The van der Waals surface area contributed by atoms with E-state index < -0.39 is 182 Å². The molecule has 76 heavy (non-hydrogen) atoms. The Hall–Kier alpha value is -1.18. The zero-order valence-corrected chi connectivity index (χ0v) is 45.0. The molecular formula is C53H90O23. The molecule has 23 heteroatoms. The lowest BCUT2D eigenvalue weighted by Crippen LogP contribution is -2.69. The van der Waals surface area contributed by atoms with Gasteiger partial charge >= 0.3 is 0 Å². The number of ether oxygens (including phenoxy) is 8. The summed E-state index contributed by atoms with van der Waals surface area (Å²) >= 11 is 0. The van der Waals surface area contributed by atoms with Crippen molar-refractivity contribution in [3.63, 3.8) is 0 Å². The van der Waals surface area contributed by atoms with Gasteiger partial charge in [-0.2, -0.15) is 0 Å². The molecule has 4 aliphatic heterocycles. The number of aliphatic hydroxyl groups excluding tert-OH is 15. The van der Waals surface area contributed by atoms with Crippen molar-refractivity contribution in [3.05, 3.63) is 11.6 Å². The van der Waals surface area contributed by atoms with Gasteiger partial charge in [0.2, 0.25) is 0 Å². The molecule has 8 aliphatic rings. The standard InChI is InChI=1S/C53H90O23/c1-22(2)10-9-14-52(7,76-47-42(68)38(64)36(62)29(73-47)21-70-45-40(66)33(59)26(57)20-69-45)31-13-15-51(6)23-11-12-30-49(3,4)44(25(56)17-50(30,5)24(23)16-32(58)53(31,51)8)75-48-43(39(65)35(61)28(19-55)72-48)74-46-41(67)37(63)34(60)27(18-54)71-46/h10,23-48,54-68H,9,11-21H2,1-8H3/t23-,24+,25-,26-,27-,28-,29-,30+,31-,32-,33+,34-,35-,36-,37+,38+,39+,40-,41-,42-,43-,44+,45+,46+,47+,48+,50-,51+,52+,53+/m1/s1. The normalized spacial score (nSPS) is 53.2. The number of rotatable bonds is 15. The molecule has 8 rings (SSSR count). The Bertz CT molecular complexity index is 1980. The Morgan fingerprint density at radius 1 is 0.618 bits per heavy atom. The van der Waals surface area contributed by atoms with E-state index in [9.17, 15) is 76.6 Å². The average molecular weight is 1100 g/mol. The fourth-order valence-corrected chi connectivity index (χ4v) is 16.1. The van der Waals surface area contributed by atoms with Gasteiger partial charge in [0.25, 0.3) is 0 Å². The van der Waals surface area contributed by atoms with Gasteiger partial charge in [-0.25, -0.2) is 0 Å². The number of allylic oxidation sites excluding steroid dienone is 2. The van der Waals surface area contributed by atoms with Crippen molar-refractivity contribution in [2.45, 2.75) is 247 Å². The van der Waals surface area contributed by atoms with Crippen LogP contribution in [-0.4, -0.2) is 244 Å². The van der Waals surface area contributed by atoms with Gasteiger partial charge in [0.05, 0.1) is 50.3 Å². The lowest BCUT2D eigenvalue weighted by molar-refractivity contribution is -0.383. The maximum Gasteiger partial charge on any atom is 0.187 e. The Balaban J connectivity index is 1.03. The second-order valence-corrected chi connectivity index (χ2v) is 25.4. The zero-order chi connectivity index (χ0) is 55.9. The molecule has 0 bridgehead atoms. The van der Waals surface area contributed by atoms with Gasteiger partial charge in [-0.15, -0.1) is 0 Å². The lowest BCUT2D eigenvalue weighted by Gasteiger charge is -2.69. The first-order valence-corrected chi connectivity index (χ1v) is 27.4. The van der Waals surface area contributed by atoms with E-state index in [2.05, 4.69) is 26.8 Å². The average Bonchev–Trinajstić information content (AvgIpc) is 3.68. The first kappa shape index (κ1) is 60.9. The molecule has 0 aromatic heterocycles. The summed E-state index contributed by atoms with van der Waals surface area (Å²) in [5, 5.41) is 164. The van der Waals surface area contributed by atoms with Crippen LogP contribution in [0, 0.1) is 45.3 Å². The van der Waals surface area contributed by atoms with Crippen LogP contribution in [0.2, 0.25) is 0 Å². The highest BCUT2D eigenvalue weighted by Crippen LogP contribution is 2.75. The highest BCUT2D eigenvalue weighted by molar-refractivity contribution is 5.21. The molecular weight excluding hydrogens is 1000 g/mol. The molecule has 0 aromatic rings. The third kappa shape index (κ3) is 10.4. The van der Waals surface area contributed by atoms with Crippen LogP contribution < -0.4 is 0 Å². The molecule has 0 spiro atoms. The van der Waals surface area contributed by atoms with Gasteiger partial charge < -0.3 is 114 Å². The van der Waals surface area contributed by atoms with E-state index in [1.165, 1.54) is 0 Å². The first-order chi connectivity index (χ1) is 35.5. The molecule has 4 aliphatic carbocycles. The van der Waals surface area contributed by atoms with E-state index in [-0.39, 0.29) is 36.7 Å². The molecule has 30 atom stereocenters. The summed E-state index contributed by atoms with van der Waals surface area (Å²) in [6, 6.07) is 0. The van der Waals surface area contributed by atoms with Gasteiger partial charge in [0.15, 0.2) is 25.2 Å². The van der Waals surface area contributed by atoms with Gasteiger partial charge in [-0.05, 0) is 112 Å². The van der Waals surface area contributed by atoms with Crippen molar-refractivity contribution in [3.8, 4) is 0 Å². The highest BCUT2D eigenvalue weighted by atomic mass is 16.8. The van der Waals surface area contributed by atoms with E-state index in [1.807, 2.05) is 34.6 Å². The van der Waals surface area contributed by atoms with E-state index in [1.54, 1.807) is 0 Å². The fraction of sp³-hybridized carbons (Fsp3) is 0.962. The van der Waals surface area contributed by atoms with Crippen molar-refractivity contribution >= 4 is 0 Å². The van der Waals surface area contributed by atoms with Gasteiger partial charge in [0.1, 0.15) is 91.6 Å². The monoisotopic (exact) mass is 1090 g/mol. The third-order valence-electron chi connectivity index (χ3n) is 20.5. The first-order valence-electron chi connectivity index (χ1n) is 27.4. The molecule has 23 nitrogen and oxygen atoms in total. The highest BCUT2D eigenvalue weighted by Gasteiger charge is 2.73. The predicted molar refractivity (Wildman–Crippen MR) is 262 cm³/mol. The largest absolute Gasteiger partial charge is 0.394 e. The van der Waals surface area contributed by atoms with Crippen LogP contribution in [0.15, 0.2) is 11.6 Å². The van der Waals surface area contributed by atoms with E-state index in [0.29, 0.717) is 38.5 Å². The molecule has 0 amide bonds. The van der Waals surface area contributed by atoms with Crippen molar-refractivity contribution in [2.24, 2.45) is 45.3 Å². The van der Waals surface area contributed by atoms with E-state index in [0.717, 1.165) is 12.0 Å². The van der Waals surface area contributed by atoms with Crippen molar-refractivity contribution < 1.29 is 114 Å². The van der Waals surface area contributed by atoms with Crippen LogP contribution in [0.4, 0.5) is 0 Å². The maximum atomic E-state index is 13.0. The van der Waals surface area contributed by atoms with Gasteiger partial charge in [-0.1, -0.05) is 46.3 Å². The Kier molecular flexibility index (Phi) is 18.3. The molecule has 440 valence electrons. The zero-order valence-electron chi connectivity index (χ0n) is 45.0. The summed E-state index contributed by atoms with van der Waals surface area (Å²) in [7, 11) is 0. The number of aliphatic hydroxyl groups is 15. The molecule has 15 N–H and O–H groups in total. The molecule has 4 heterocycles. The van der Waals surface area contributed by atoms with Crippen LogP contribution in [0.25, 0.3) is 0 Å². The predicted octanol–water partition coefficient (Wildman–Crippen LogP) is -2.59. The second-order valence-electron chi connectivity index (χ2n) is 25.4. The summed E-state index contributed by atoms with van der Waals surface area (Å²) in [5.41, 5.74) is -2.70. The minimum absolute atomic E-state index is 0.0570. The van der Waals surface area contributed by atoms with Crippen LogP contribution >= 0.6 is 0 Å². The van der Waals surface area contributed by atoms with Crippen LogP contribution in [-0.2, 0) is 37.9 Å². The topological polar surface area (TPSA) is 377 Å². The molecule has 8 fully saturated rings. The number of hydrogen-bond acceptors (Lipinski definition) is 23. The quantitative estimate of drug-likeness (QED) is 0.0591. The third-order valence-corrected chi connectivity index (χ3v) is 20.5. The Morgan fingerprint density at radius 3 is 1.83 bits per heavy atom. The molecule has 4 saturated carbocycles. The SMILES string of the molecule is CC(C)=CCC[C@](C)(O[C@@H]1O[C@H](CO[C@@H]2OC[C@@H](O)[C@H](O)[C@H]2O)[C@@H](O)[C@H](O)[C@H]1O)[C@H]1CC[C@@]2(C)[C@@H]3CC[C@H]4C(C)(C)[C@@H](O[C@@H]5O[C@H](CO)[C@@H](O)[C@H](O)[C@H]5O[C@@H]5O[C@H](CO)[C@@H](O)[C@H](O)[C@H]5O)[C@H](O)C[C@]4(C)[C@H]3C[C@@H](O)[C@]12C. The molecule has 4 saturated heterocycles. The van der Waals surface area contributed by atoms with Crippen molar-refractivity contribution in [2.75, 3.05) is 26.4 Å². The fourth-order valence-electron chi connectivity index (χ4n) is 16.1. The molecule has 0 radical (unpaired) electrons. The van der Waals surface area contributed by atoms with E-state index >= 15 is 0 Å². The number of fused-ring (bicyclic) bond motifs is 5. The lowest BCUT2D eigenvalue weighted by atomic mass is 9.37. The summed E-state index contributed by atoms with van der Waals surface area (Å²) < 4.78 is 48.5. The van der Waals surface area contributed by atoms with E-state index in [4.69, 9.17) is 37.9 Å². The summed E-state index contributed by atoms with van der Waals surface area (Å²) in [6.45, 7) is 14.2. The smallest absolute Gasteiger partial charge is 0.187 e. The van der Waals surface area contributed by atoms with Crippen LogP contribution in [0.1, 0.15) is 107 Å². The minimum Gasteiger partial charge on any atom is -0.394 e. The van der Waals surface area contributed by atoms with Gasteiger partial charge in [-0.3, -0.25) is 0 Å². The summed E-state index contributed by atoms with van der Waals surface area (Å²) in [4.78, 5) is 0. The summed E-state index contributed by atoms with van der Waals surface area (Å²) in [5.74, 6) is -0.481. The Morgan fingerprint density at radius 2 is 1.20 bits per heavy atom. The van der Waals surface area contributed by atoms with Gasteiger partial charge in [0, 0.05) is 5.41 Å². The minimum atomic E-state index is -1.87. The van der Waals surface area contributed by atoms with Crippen molar-refractivity contribution in [1.82, 2.24) is 0 Å². The molecule has 0 aromatic carbocycles. The molecule has 0 unspecified atom stereocenters. The number of hydrogen-bond donors (Lipinski definition) is 15. The summed E-state index contributed by atoms with van der Waals surface area (Å²) in [6.07, 6.45) is -26.8.